The molecule has 0 saturated heterocycles. The standard InChI is InChI=1S/C16H24N4OS/c1-4-19(5-2)15(14-6-9-22-11-14)10-18-16(21)13(3)20-8-7-17-12-20/h6-9,11-13,15H,4-5,10H2,1-3H3,(H,18,21)/t13-,15+/m1/s1. The second kappa shape index (κ2) is 8.10. The van der Waals surface area contributed by atoms with Crippen molar-refractivity contribution >= 4 is 17.2 Å². The van der Waals surface area contributed by atoms with Crippen molar-refractivity contribution in [2.24, 2.45) is 0 Å². The molecule has 0 aromatic carbocycles. The largest absolute Gasteiger partial charge is 0.352 e. The van der Waals surface area contributed by atoms with E-state index in [1.165, 1.54) is 5.56 Å². The summed E-state index contributed by atoms with van der Waals surface area (Å²) in [5.41, 5.74) is 1.27. The van der Waals surface area contributed by atoms with Crippen molar-refractivity contribution in [3.05, 3.63) is 41.1 Å². The number of nitrogens with one attached hydrogen (secondary N) is 1. The Bertz CT molecular complexity index is 549. The van der Waals surface area contributed by atoms with Crippen LogP contribution in [0.2, 0.25) is 0 Å². The number of thiophene rings is 1. The molecule has 2 atom stereocenters. The van der Waals surface area contributed by atoms with Gasteiger partial charge in [-0.3, -0.25) is 9.69 Å². The highest BCUT2D eigenvalue weighted by molar-refractivity contribution is 7.07. The Morgan fingerprint density at radius 1 is 1.45 bits per heavy atom. The third-order valence-corrected chi connectivity index (χ3v) is 4.70. The highest BCUT2D eigenvalue weighted by Crippen LogP contribution is 2.22. The quantitative estimate of drug-likeness (QED) is 0.813. The van der Waals surface area contributed by atoms with Crippen LogP contribution in [0.25, 0.3) is 0 Å². The molecule has 120 valence electrons. The van der Waals surface area contributed by atoms with E-state index in [0.717, 1.165) is 13.1 Å². The highest BCUT2D eigenvalue weighted by atomic mass is 32.1. The predicted octanol–water partition coefficient (Wildman–Crippen LogP) is 2.70. The van der Waals surface area contributed by atoms with Gasteiger partial charge in [-0.1, -0.05) is 13.8 Å². The first-order valence-electron chi connectivity index (χ1n) is 7.68. The lowest BCUT2D eigenvalue weighted by Gasteiger charge is -2.30. The summed E-state index contributed by atoms with van der Waals surface area (Å²) in [6.07, 6.45) is 5.17. The van der Waals surface area contributed by atoms with Gasteiger partial charge in [0.05, 0.1) is 12.4 Å². The van der Waals surface area contributed by atoms with Crippen molar-refractivity contribution in [3.8, 4) is 0 Å². The number of hydrogen-bond acceptors (Lipinski definition) is 4. The molecule has 0 bridgehead atoms. The Morgan fingerprint density at radius 2 is 2.23 bits per heavy atom. The van der Waals surface area contributed by atoms with Crippen LogP contribution in [0.4, 0.5) is 0 Å². The first-order valence-corrected chi connectivity index (χ1v) is 8.62. The van der Waals surface area contributed by atoms with Gasteiger partial charge in [0, 0.05) is 18.9 Å². The van der Waals surface area contributed by atoms with E-state index < -0.39 is 0 Å². The first-order chi connectivity index (χ1) is 10.7. The molecule has 0 saturated carbocycles. The molecule has 22 heavy (non-hydrogen) atoms. The fourth-order valence-corrected chi connectivity index (χ4v) is 3.27. The topological polar surface area (TPSA) is 50.2 Å². The fraction of sp³-hybridized carbons (Fsp3) is 0.500. The number of amides is 1. The van der Waals surface area contributed by atoms with E-state index >= 15 is 0 Å². The zero-order valence-electron chi connectivity index (χ0n) is 13.4. The molecule has 0 aliphatic carbocycles. The maximum absolute atomic E-state index is 12.3. The maximum atomic E-state index is 12.3. The van der Waals surface area contributed by atoms with Crippen molar-refractivity contribution in [2.75, 3.05) is 19.6 Å². The number of likely N-dealkylation sites (N-methyl/N-ethyl adjacent to an activating group) is 1. The minimum absolute atomic E-state index is 0.0189. The van der Waals surface area contributed by atoms with Crippen molar-refractivity contribution in [2.45, 2.75) is 32.9 Å². The van der Waals surface area contributed by atoms with Crippen molar-refractivity contribution < 1.29 is 4.79 Å². The zero-order chi connectivity index (χ0) is 15.9. The number of hydrogen-bond donors (Lipinski definition) is 1. The van der Waals surface area contributed by atoms with Gasteiger partial charge >= 0.3 is 0 Å². The SMILES string of the molecule is CCN(CC)[C@@H](CNC(=O)[C@@H](C)n1ccnc1)c1ccsc1. The summed E-state index contributed by atoms with van der Waals surface area (Å²) >= 11 is 1.69. The third-order valence-electron chi connectivity index (χ3n) is 4.00. The minimum Gasteiger partial charge on any atom is -0.352 e. The Kier molecular flexibility index (Phi) is 6.15. The van der Waals surface area contributed by atoms with Gasteiger partial charge < -0.3 is 9.88 Å². The van der Waals surface area contributed by atoms with Crippen LogP contribution in [-0.4, -0.2) is 40.0 Å². The molecular formula is C16H24N4OS. The molecule has 2 aromatic rings. The van der Waals surface area contributed by atoms with Gasteiger partial charge in [-0.25, -0.2) is 4.98 Å². The lowest BCUT2D eigenvalue weighted by atomic mass is 10.1. The van der Waals surface area contributed by atoms with Crippen LogP contribution in [-0.2, 0) is 4.79 Å². The molecular weight excluding hydrogens is 296 g/mol. The summed E-state index contributed by atoms with van der Waals surface area (Å²) in [6, 6.07) is 2.11. The van der Waals surface area contributed by atoms with E-state index in [0.29, 0.717) is 6.54 Å². The van der Waals surface area contributed by atoms with Crippen LogP contribution in [0.5, 0.6) is 0 Å². The van der Waals surface area contributed by atoms with Crippen LogP contribution in [0.1, 0.15) is 38.4 Å². The second-order valence-electron chi connectivity index (χ2n) is 5.22. The van der Waals surface area contributed by atoms with Crippen LogP contribution in [0.15, 0.2) is 35.5 Å². The first kappa shape index (κ1) is 16.7. The van der Waals surface area contributed by atoms with Gasteiger partial charge in [-0.05, 0) is 42.4 Å². The Hall–Kier alpha value is -1.66. The normalized spacial score (nSPS) is 14.0. The van der Waals surface area contributed by atoms with Crippen LogP contribution < -0.4 is 5.32 Å². The van der Waals surface area contributed by atoms with Crippen LogP contribution in [0, 0.1) is 0 Å². The summed E-state index contributed by atoms with van der Waals surface area (Å²) < 4.78 is 1.81. The molecule has 6 heteroatoms. The molecule has 0 aliphatic heterocycles. The lowest BCUT2D eigenvalue weighted by Crippen LogP contribution is -2.40. The number of aromatic nitrogens is 2. The van der Waals surface area contributed by atoms with Crippen molar-refractivity contribution in [1.29, 1.82) is 0 Å². The van der Waals surface area contributed by atoms with Gasteiger partial charge in [0.1, 0.15) is 6.04 Å². The van der Waals surface area contributed by atoms with Gasteiger partial charge in [0.2, 0.25) is 5.91 Å². The van der Waals surface area contributed by atoms with Gasteiger partial charge in [0.25, 0.3) is 0 Å². The van der Waals surface area contributed by atoms with E-state index in [1.807, 2.05) is 17.7 Å². The monoisotopic (exact) mass is 320 g/mol. The average Bonchev–Trinajstić information content (AvgIpc) is 3.23. The molecule has 1 amide bonds. The summed E-state index contributed by atoms with van der Waals surface area (Å²) in [5.74, 6) is 0.0189. The van der Waals surface area contributed by atoms with E-state index in [9.17, 15) is 4.79 Å². The average molecular weight is 320 g/mol. The van der Waals surface area contributed by atoms with E-state index in [4.69, 9.17) is 0 Å². The molecule has 0 spiro atoms. The maximum Gasteiger partial charge on any atom is 0.242 e. The molecule has 2 heterocycles. The molecule has 2 aromatic heterocycles. The Labute approximate surface area is 136 Å². The molecule has 1 N–H and O–H groups in total. The van der Waals surface area contributed by atoms with E-state index in [1.54, 1.807) is 23.9 Å². The van der Waals surface area contributed by atoms with Crippen molar-refractivity contribution in [1.82, 2.24) is 19.8 Å². The Morgan fingerprint density at radius 3 is 2.77 bits per heavy atom. The van der Waals surface area contributed by atoms with Gasteiger partial charge in [-0.15, -0.1) is 0 Å². The van der Waals surface area contributed by atoms with E-state index in [-0.39, 0.29) is 18.0 Å². The predicted molar refractivity (Wildman–Crippen MR) is 89.9 cm³/mol. The summed E-state index contributed by atoms with van der Waals surface area (Å²) in [4.78, 5) is 18.7. The van der Waals surface area contributed by atoms with E-state index in [2.05, 4.69) is 45.9 Å². The third kappa shape index (κ3) is 3.96. The second-order valence-corrected chi connectivity index (χ2v) is 6.00. The summed E-state index contributed by atoms with van der Waals surface area (Å²) in [5, 5.41) is 7.33. The number of carbonyl (C=O) groups is 1. The van der Waals surface area contributed by atoms with Gasteiger partial charge in [-0.2, -0.15) is 11.3 Å². The molecule has 0 unspecified atom stereocenters. The molecule has 0 aliphatic rings. The van der Waals surface area contributed by atoms with Crippen LogP contribution in [0.3, 0.4) is 0 Å². The van der Waals surface area contributed by atoms with Gasteiger partial charge in [0.15, 0.2) is 0 Å². The molecule has 2 rings (SSSR count). The number of carbonyl (C=O) groups excluding carboxylic acids is 1. The number of imidazole rings is 1. The zero-order valence-corrected chi connectivity index (χ0v) is 14.2. The highest BCUT2D eigenvalue weighted by Gasteiger charge is 2.21. The molecule has 5 nitrogen and oxygen atoms in total. The van der Waals surface area contributed by atoms with Crippen molar-refractivity contribution in [3.63, 3.8) is 0 Å². The molecule has 0 fully saturated rings. The summed E-state index contributed by atoms with van der Waals surface area (Å²) in [7, 11) is 0. The smallest absolute Gasteiger partial charge is 0.242 e. The Balaban J connectivity index is 2.00. The molecule has 0 radical (unpaired) electrons. The van der Waals surface area contributed by atoms with Crippen LogP contribution >= 0.6 is 11.3 Å². The lowest BCUT2D eigenvalue weighted by molar-refractivity contribution is -0.124. The number of nitrogens with zero attached hydrogens (tertiary/aromatic N) is 3. The minimum atomic E-state index is -0.248. The number of rotatable bonds is 8. The summed E-state index contributed by atoms with van der Waals surface area (Å²) in [6.45, 7) is 8.73. The fourth-order valence-electron chi connectivity index (χ4n) is 2.57.